The number of carbonyl (C=O) groups is 1. The molecule has 1 aliphatic carbocycles. The van der Waals surface area contributed by atoms with Crippen LogP contribution in [-0.4, -0.2) is 42.0 Å². The van der Waals surface area contributed by atoms with Gasteiger partial charge in [-0.2, -0.15) is 0 Å². The Hall–Kier alpha value is -3.68. The first-order chi connectivity index (χ1) is 15.4. The molecule has 8 nitrogen and oxygen atoms in total. The highest BCUT2D eigenvalue weighted by molar-refractivity contribution is 5.94. The van der Waals surface area contributed by atoms with Crippen molar-refractivity contribution < 1.29 is 9.72 Å². The van der Waals surface area contributed by atoms with Gasteiger partial charge in [-0.1, -0.05) is 18.2 Å². The fourth-order valence-corrected chi connectivity index (χ4v) is 4.20. The number of benzene rings is 2. The van der Waals surface area contributed by atoms with Gasteiger partial charge < -0.3 is 15.5 Å². The SMILES string of the molecule is CN(C)c1cc(N[C@H]2CC[C@@H](NC(=O)c3ccc([N+](=O)[O-])cc3)CC2)nc2ccccc12. The van der Waals surface area contributed by atoms with Gasteiger partial charge in [-0.25, -0.2) is 4.98 Å². The van der Waals surface area contributed by atoms with Crippen LogP contribution in [0.25, 0.3) is 10.9 Å². The van der Waals surface area contributed by atoms with E-state index >= 15 is 0 Å². The Balaban J connectivity index is 1.35. The number of amides is 1. The minimum Gasteiger partial charge on any atom is -0.377 e. The minimum absolute atomic E-state index is 0.0205. The molecule has 0 atom stereocenters. The summed E-state index contributed by atoms with van der Waals surface area (Å²) in [6.07, 6.45) is 3.59. The van der Waals surface area contributed by atoms with Gasteiger partial charge in [-0.15, -0.1) is 0 Å². The van der Waals surface area contributed by atoms with Crippen molar-refractivity contribution in [1.82, 2.24) is 10.3 Å². The second-order valence-electron chi connectivity index (χ2n) is 8.41. The monoisotopic (exact) mass is 433 g/mol. The molecular formula is C24H27N5O3. The van der Waals surface area contributed by atoms with E-state index in [0.29, 0.717) is 11.6 Å². The van der Waals surface area contributed by atoms with Crippen LogP contribution in [0, 0.1) is 10.1 Å². The quantitative estimate of drug-likeness (QED) is 0.442. The molecule has 1 heterocycles. The molecular weight excluding hydrogens is 406 g/mol. The van der Waals surface area contributed by atoms with E-state index in [0.717, 1.165) is 48.1 Å². The van der Waals surface area contributed by atoms with Crippen LogP contribution in [0.5, 0.6) is 0 Å². The molecule has 0 aliphatic heterocycles. The Morgan fingerprint density at radius 3 is 2.34 bits per heavy atom. The van der Waals surface area contributed by atoms with Crippen molar-refractivity contribution in [3.8, 4) is 0 Å². The molecule has 0 radical (unpaired) electrons. The number of non-ortho nitro benzene ring substituents is 1. The molecule has 32 heavy (non-hydrogen) atoms. The molecule has 0 unspecified atom stereocenters. The van der Waals surface area contributed by atoms with Crippen LogP contribution in [0.15, 0.2) is 54.6 Å². The number of hydrogen-bond donors (Lipinski definition) is 2. The minimum atomic E-state index is -0.470. The lowest BCUT2D eigenvalue weighted by atomic mass is 9.91. The molecule has 1 saturated carbocycles. The van der Waals surface area contributed by atoms with Gasteiger partial charge in [0.1, 0.15) is 5.82 Å². The van der Waals surface area contributed by atoms with E-state index in [1.807, 2.05) is 32.3 Å². The topological polar surface area (TPSA) is 100 Å². The lowest BCUT2D eigenvalue weighted by Gasteiger charge is -2.30. The number of nitro benzene ring substituents is 1. The van der Waals surface area contributed by atoms with Gasteiger partial charge in [0.25, 0.3) is 11.6 Å². The van der Waals surface area contributed by atoms with Gasteiger partial charge in [-0.05, 0) is 43.9 Å². The Labute approximate surface area is 186 Å². The van der Waals surface area contributed by atoms with E-state index in [2.05, 4.69) is 27.7 Å². The van der Waals surface area contributed by atoms with E-state index in [-0.39, 0.29) is 17.6 Å². The van der Waals surface area contributed by atoms with E-state index in [9.17, 15) is 14.9 Å². The first-order valence-electron chi connectivity index (χ1n) is 10.8. The Bertz CT molecular complexity index is 1120. The zero-order valence-corrected chi connectivity index (χ0v) is 18.2. The molecule has 1 aromatic heterocycles. The smallest absolute Gasteiger partial charge is 0.269 e. The Kier molecular flexibility index (Phi) is 6.20. The van der Waals surface area contributed by atoms with Gasteiger partial charge in [0.15, 0.2) is 0 Å². The van der Waals surface area contributed by atoms with Crippen molar-refractivity contribution in [3.63, 3.8) is 0 Å². The molecule has 8 heteroatoms. The third-order valence-electron chi connectivity index (χ3n) is 5.93. The van der Waals surface area contributed by atoms with Gasteiger partial charge in [-0.3, -0.25) is 14.9 Å². The molecule has 4 rings (SSSR count). The van der Waals surface area contributed by atoms with Crippen molar-refractivity contribution in [3.05, 3.63) is 70.3 Å². The first-order valence-corrected chi connectivity index (χ1v) is 10.8. The van der Waals surface area contributed by atoms with Crippen LogP contribution >= 0.6 is 0 Å². The standard InChI is InChI=1S/C24H27N5O3/c1-28(2)22-15-23(27-21-6-4-3-5-20(21)22)25-17-9-11-18(12-10-17)26-24(30)16-7-13-19(14-8-16)29(31)32/h3-8,13-15,17-18H,9-12H2,1-2H3,(H,25,27)(H,26,30)/t17-,18+. The van der Waals surface area contributed by atoms with Crippen LogP contribution in [0.2, 0.25) is 0 Å². The lowest BCUT2D eigenvalue weighted by molar-refractivity contribution is -0.384. The molecule has 1 amide bonds. The molecule has 1 fully saturated rings. The summed E-state index contributed by atoms with van der Waals surface area (Å²) in [7, 11) is 4.06. The summed E-state index contributed by atoms with van der Waals surface area (Å²) in [6, 6.07) is 16.3. The molecule has 166 valence electrons. The highest BCUT2D eigenvalue weighted by atomic mass is 16.6. The predicted octanol–water partition coefficient (Wildman–Crippen LogP) is 4.36. The van der Waals surface area contributed by atoms with Crippen molar-refractivity contribution >= 4 is 34.0 Å². The molecule has 0 spiro atoms. The largest absolute Gasteiger partial charge is 0.377 e. The average Bonchev–Trinajstić information content (AvgIpc) is 2.79. The maximum Gasteiger partial charge on any atom is 0.269 e. The third-order valence-corrected chi connectivity index (χ3v) is 5.93. The second kappa shape index (κ2) is 9.21. The number of para-hydroxylation sites is 1. The van der Waals surface area contributed by atoms with Crippen molar-refractivity contribution in [2.24, 2.45) is 0 Å². The van der Waals surface area contributed by atoms with E-state index < -0.39 is 4.92 Å². The van der Waals surface area contributed by atoms with Gasteiger partial charge in [0, 0.05) is 61.0 Å². The van der Waals surface area contributed by atoms with Gasteiger partial charge in [0.05, 0.1) is 10.4 Å². The summed E-state index contributed by atoms with van der Waals surface area (Å²) in [6.45, 7) is 0. The molecule has 0 bridgehead atoms. The third kappa shape index (κ3) is 4.80. The van der Waals surface area contributed by atoms with Crippen LogP contribution in [0.4, 0.5) is 17.2 Å². The fraction of sp³-hybridized carbons (Fsp3) is 0.333. The number of carbonyl (C=O) groups excluding carboxylic acids is 1. The summed E-state index contributed by atoms with van der Waals surface area (Å²) < 4.78 is 0. The van der Waals surface area contributed by atoms with E-state index in [1.54, 1.807) is 0 Å². The number of nitrogens with one attached hydrogen (secondary N) is 2. The average molecular weight is 434 g/mol. The second-order valence-corrected chi connectivity index (χ2v) is 8.41. The molecule has 2 aromatic carbocycles. The number of hydrogen-bond acceptors (Lipinski definition) is 6. The Morgan fingerprint density at radius 2 is 1.69 bits per heavy atom. The predicted molar refractivity (Wildman–Crippen MR) is 126 cm³/mol. The summed E-state index contributed by atoms with van der Waals surface area (Å²) >= 11 is 0. The van der Waals surface area contributed by atoms with E-state index in [1.165, 1.54) is 24.3 Å². The molecule has 2 N–H and O–H groups in total. The van der Waals surface area contributed by atoms with Crippen molar-refractivity contribution in [2.45, 2.75) is 37.8 Å². The van der Waals surface area contributed by atoms with Crippen LogP contribution in [-0.2, 0) is 0 Å². The first kappa shape index (κ1) is 21.5. The number of pyridine rings is 1. The van der Waals surface area contributed by atoms with Crippen LogP contribution in [0.3, 0.4) is 0 Å². The number of aromatic nitrogens is 1. The fourth-order valence-electron chi connectivity index (χ4n) is 4.20. The summed E-state index contributed by atoms with van der Waals surface area (Å²) in [5.74, 6) is 0.675. The van der Waals surface area contributed by atoms with Crippen molar-refractivity contribution in [1.29, 1.82) is 0 Å². The maximum atomic E-state index is 12.5. The Morgan fingerprint density at radius 1 is 1.03 bits per heavy atom. The summed E-state index contributed by atoms with van der Waals surface area (Å²) in [4.78, 5) is 29.7. The summed E-state index contributed by atoms with van der Waals surface area (Å²) in [5.41, 5.74) is 2.51. The highest BCUT2D eigenvalue weighted by Gasteiger charge is 2.23. The number of anilines is 2. The molecule has 1 aliphatic rings. The summed E-state index contributed by atoms with van der Waals surface area (Å²) in [5, 5.41) is 18.5. The lowest BCUT2D eigenvalue weighted by Crippen LogP contribution is -2.40. The van der Waals surface area contributed by atoms with Gasteiger partial charge >= 0.3 is 0 Å². The van der Waals surface area contributed by atoms with Crippen molar-refractivity contribution in [2.75, 3.05) is 24.3 Å². The number of nitrogens with zero attached hydrogens (tertiary/aromatic N) is 3. The van der Waals surface area contributed by atoms with Crippen LogP contribution < -0.4 is 15.5 Å². The normalized spacial score (nSPS) is 18.2. The van der Waals surface area contributed by atoms with E-state index in [4.69, 9.17) is 4.98 Å². The zero-order valence-electron chi connectivity index (χ0n) is 18.2. The molecule has 0 saturated heterocycles. The maximum absolute atomic E-state index is 12.5. The number of rotatable bonds is 6. The van der Waals surface area contributed by atoms with Gasteiger partial charge in [0.2, 0.25) is 0 Å². The molecule has 3 aromatic rings. The number of nitro groups is 1. The zero-order chi connectivity index (χ0) is 22.7. The highest BCUT2D eigenvalue weighted by Crippen LogP contribution is 2.29. The van der Waals surface area contributed by atoms with Crippen LogP contribution in [0.1, 0.15) is 36.0 Å². The number of fused-ring (bicyclic) bond motifs is 1.